The van der Waals surface area contributed by atoms with Crippen LogP contribution < -0.4 is 5.32 Å². The molecule has 0 bridgehead atoms. The number of amides is 1. The smallest absolute Gasteiger partial charge is 0.251 e. The highest BCUT2D eigenvalue weighted by molar-refractivity contribution is 6.30. The van der Waals surface area contributed by atoms with Gasteiger partial charge in [-0.25, -0.2) is 4.68 Å². The van der Waals surface area contributed by atoms with Crippen LogP contribution in [0.15, 0.2) is 43.0 Å². The van der Waals surface area contributed by atoms with Gasteiger partial charge >= 0.3 is 0 Å². The quantitative estimate of drug-likeness (QED) is 0.721. The molecular formula is C15H13ClN6O. The molecule has 0 aliphatic rings. The first-order valence-corrected chi connectivity index (χ1v) is 7.15. The first-order chi connectivity index (χ1) is 11.1. The van der Waals surface area contributed by atoms with E-state index in [9.17, 15) is 4.79 Å². The first-order valence-electron chi connectivity index (χ1n) is 6.77. The van der Waals surface area contributed by atoms with Gasteiger partial charge in [0, 0.05) is 42.0 Å². The van der Waals surface area contributed by atoms with Gasteiger partial charge in [0.1, 0.15) is 0 Å². The van der Waals surface area contributed by atoms with Gasteiger partial charge in [-0.2, -0.15) is 10.2 Å². The summed E-state index contributed by atoms with van der Waals surface area (Å²) in [5.41, 5.74) is 2.64. The second-order valence-corrected chi connectivity index (χ2v) is 5.19. The number of rotatable bonds is 4. The molecule has 0 fully saturated rings. The molecule has 2 N–H and O–H groups in total. The minimum Gasteiger partial charge on any atom is -0.305 e. The van der Waals surface area contributed by atoms with Crippen molar-refractivity contribution in [1.29, 1.82) is 0 Å². The number of aromatic amines is 1. The van der Waals surface area contributed by atoms with Crippen molar-refractivity contribution < 1.29 is 4.79 Å². The minimum atomic E-state index is -0.312. The number of hydrogen-bond donors (Lipinski definition) is 2. The third-order valence-electron chi connectivity index (χ3n) is 3.17. The van der Waals surface area contributed by atoms with Crippen molar-refractivity contribution >= 4 is 29.5 Å². The second-order valence-electron chi connectivity index (χ2n) is 4.75. The van der Waals surface area contributed by atoms with Crippen molar-refractivity contribution in [3.8, 4) is 11.3 Å². The van der Waals surface area contributed by atoms with Crippen LogP contribution in [0.25, 0.3) is 17.5 Å². The van der Waals surface area contributed by atoms with Crippen molar-refractivity contribution in [1.82, 2.24) is 25.0 Å². The number of carbonyl (C=O) groups excluding carboxylic acids is 1. The van der Waals surface area contributed by atoms with E-state index in [4.69, 9.17) is 11.6 Å². The van der Waals surface area contributed by atoms with Gasteiger partial charge in [-0.1, -0.05) is 11.6 Å². The van der Waals surface area contributed by atoms with Gasteiger partial charge in [-0.3, -0.25) is 14.9 Å². The predicted octanol–water partition coefficient (Wildman–Crippen LogP) is 2.74. The van der Waals surface area contributed by atoms with Crippen LogP contribution in [-0.4, -0.2) is 30.9 Å². The molecular weight excluding hydrogens is 316 g/mol. The number of H-pyrrole nitrogens is 1. The Morgan fingerprint density at radius 2 is 2.17 bits per heavy atom. The third-order valence-corrected chi connectivity index (χ3v) is 3.36. The van der Waals surface area contributed by atoms with Crippen molar-refractivity contribution in [2.24, 2.45) is 0 Å². The maximum absolute atomic E-state index is 12.0. The van der Waals surface area contributed by atoms with Crippen molar-refractivity contribution in [2.75, 3.05) is 5.32 Å². The number of carbonyl (C=O) groups is 1. The van der Waals surface area contributed by atoms with Crippen LogP contribution in [0.2, 0.25) is 5.02 Å². The molecule has 3 heterocycles. The van der Waals surface area contributed by atoms with Gasteiger partial charge in [0.05, 0.1) is 16.9 Å². The number of nitrogens with one attached hydrogen (secondary N) is 2. The predicted molar refractivity (Wildman–Crippen MR) is 87.8 cm³/mol. The van der Waals surface area contributed by atoms with E-state index in [1.54, 1.807) is 18.6 Å². The van der Waals surface area contributed by atoms with E-state index in [0.29, 0.717) is 10.8 Å². The van der Waals surface area contributed by atoms with Gasteiger partial charge in [-0.15, -0.1) is 0 Å². The Hall–Kier alpha value is -2.93. The molecule has 1 amide bonds. The van der Waals surface area contributed by atoms with Crippen LogP contribution in [0.3, 0.4) is 0 Å². The topological polar surface area (TPSA) is 88.5 Å². The summed E-state index contributed by atoms with van der Waals surface area (Å²) >= 11 is 5.75. The molecule has 8 heteroatoms. The summed E-state index contributed by atoms with van der Waals surface area (Å²) in [6.07, 6.45) is 9.34. The molecule has 0 aliphatic carbocycles. The summed E-state index contributed by atoms with van der Waals surface area (Å²) in [6.45, 7) is 1.88. The van der Waals surface area contributed by atoms with Crippen LogP contribution in [0.4, 0.5) is 5.82 Å². The molecule has 0 atom stereocenters. The molecule has 7 nitrogen and oxygen atoms in total. The summed E-state index contributed by atoms with van der Waals surface area (Å²) in [5, 5.41) is 14.2. The Balaban J connectivity index is 1.72. The van der Waals surface area contributed by atoms with Gasteiger partial charge in [-0.05, 0) is 19.1 Å². The van der Waals surface area contributed by atoms with Gasteiger partial charge < -0.3 is 5.32 Å². The number of nitrogens with zero attached hydrogens (tertiary/aromatic N) is 4. The summed E-state index contributed by atoms with van der Waals surface area (Å²) in [5.74, 6) is 0.164. The highest BCUT2D eigenvalue weighted by atomic mass is 35.5. The average molecular weight is 329 g/mol. The first kappa shape index (κ1) is 15.0. The van der Waals surface area contributed by atoms with Crippen LogP contribution >= 0.6 is 11.6 Å². The lowest BCUT2D eigenvalue weighted by Gasteiger charge is -2.01. The Labute approximate surface area is 137 Å². The normalized spacial score (nSPS) is 11.0. The van der Waals surface area contributed by atoms with Crippen molar-refractivity contribution in [3.63, 3.8) is 0 Å². The number of hydrogen-bond acceptors (Lipinski definition) is 4. The van der Waals surface area contributed by atoms with E-state index in [1.807, 2.05) is 19.1 Å². The van der Waals surface area contributed by atoms with Crippen LogP contribution in [-0.2, 0) is 4.79 Å². The van der Waals surface area contributed by atoms with E-state index in [2.05, 4.69) is 25.6 Å². The average Bonchev–Trinajstić information content (AvgIpc) is 3.13. The fraction of sp³-hybridized carbons (Fsp3) is 0.0667. The maximum Gasteiger partial charge on any atom is 0.251 e. The molecule has 0 aliphatic heterocycles. The molecule has 23 heavy (non-hydrogen) atoms. The number of aromatic nitrogens is 5. The summed E-state index contributed by atoms with van der Waals surface area (Å²) in [4.78, 5) is 15.9. The SMILES string of the molecule is Cc1c(NC(=O)C=Cn2cc(Cl)cn2)n[nH]c1-c1ccncc1. The van der Waals surface area contributed by atoms with Crippen molar-refractivity contribution in [3.05, 3.63) is 53.6 Å². The number of anilines is 1. The molecule has 0 saturated heterocycles. The Bertz CT molecular complexity index is 852. The monoisotopic (exact) mass is 328 g/mol. The lowest BCUT2D eigenvalue weighted by Crippen LogP contribution is -2.09. The lowest BCUT2D eigenvalue weighted by atomic mass is 10.1. The Morgan fingerprint density at radius 3 is 2.87 bits per heavy atom. The highest BCUT2D eigenvalue weighted by Gasteiger charge is 2.11. The van der Waals surface area contributed by atoms with Crippen LogP contribution in [0.5, 0.6) is 0 Å². The Kier molecular flexibility index (Phi) is 4.20. The zero-order valence-corrected chi connectivity index (χ0v) is 12.9. The van der Waals surface area contributed by atoms with Crippen LogP contribution in [0.1, 0.15) is 5.56 Å². The van der Waals surface area contributed by atoms with Gasteiger partial charge in [0.25, 0.3) is 5.91 Å². The lowest BCUT2D eigenvalue weighted by molar-refractivity contribution is -0.111. The summed E-state index contributed by atoms with van der Waals surface area (Å²) in [7, 11) is 0. The van der Waals surface area contributed by atoms with E-state index in [-0.39, 0.29) is 5.91 Å². The molecule has 3 aromatic rings. The standard InChI is InChI=1S/C15H13ClN6O/c1-10-14(11-2-5-17-6-3-11)20-21-15(10)19-13(23)4-7-22-9-12(16)8-18-22/h2-9H,1H3,(H2,19,20,21,23). The molecule has 0 saturated carbocycles. The summed E-state index contributed by atoms with van der Waals surface area (Å²) < 4.78 is 1.45. The van der Waals surface area contributed by atoms with Crippen molar-refractivity contribution in [2.45, 2.75) is 6.92 Å². The van der Waals surface area contributed by atoms with E-state index >= 15 is 0 Å². The second kappa shape index (κ2) is 6.45. The zero-order valence-electron chi connectivity index (χ0n) is 12.2. The number of halogens is 1. The molecule has 3 aromatic heterocycles. The summed E-state index contributed by atoms with van der Waals surface area (Å²) in [6, 6.07) is 3.74. The molecule has 0 radical (unpaired) electrons. The van der Waals surface area contributed by atoms with Gasteiger partial charge in [0.2, 0.25) is 0 Å². The molecule has 0 spiro atoms. The molecule has 3 rings (SSSR count). The van der Waals surface area contributed by atoms with E-state index in [0.717, 1.165) is 16.8 Å². The zero-order chi connectivity index (χ0) is 16.2. The van der Waals surface area contributed by atoms with Crippen LogP contribution in [0, 0.1) is 6.92 Å². The Morgan fingerprint density at radius 1 is 1.39 bits per heavy atom. The highest BCUT2D eigenvalue weighted by Crippen LogP contribution is 2.25. The molecule has 0 unspecified atom stereocenters. The van der Waals surface area contributed by atoms with Gasteiger partial charge in [0.15, 0.2) is 5.82 Å². The fourth-order valence-corrected chi connectivity index (χ4v) is 2.16. The number of pyridine rings is 1. The minimum absolute atomic E-state index is 0.312. The van der Waals surface area contributed by atoms with E-state index in [1.165, 1.54) is 23.2 Å². The van der Waals surface area contributed by atoms with E-state index < -0.39 is 0 Å². The largest absolute Gasteiger partial charge is 0.305 e. The fourth-order valence-electron chi connectivity index (χ4n) is 2.02. The third kappa shape index (κ3) is 3.46. The molecule has 0 aromatic carbocycles. The maximum atomic E-state index is 12.0. The molecule has 116 valence electrons.